The summed E-state index contributed by atoms with van der Waals surface area (Å²) in [5.74, 6) is 2.39. The van der Waals surface area contributed by atoms with Gasteiger partial charge in [-0.2, -0.15) is 0 Å². The number of hydrogen-bond donors (Lipinski definition) is 1. The Morgan fingerprint density at radius 3 is 2.44 bits per heavy atom. The van der Waals surface area contributed by atoms with E-state index in [1.165, 1.54) is 0 Å². The molecule has 1 aliphatic heterocycles. The number of hydrogen-bond acceptors (Lipinski definition) is 7. The van der Waals surface area contributed by atoms with Crippen molar-refractivity contribution in [3.8, 4) is 11.5 Å². The summed E-state index contributed by atoms with van der Waals surface area (Å²) >= 11 is 0. The van der Waals surface area contributed by atoms with E-state index in [9.17, 15) is 0 Å². The Morgan fingerprint density at radius 1 is 1.16 bits per heavy atom. The number of aliphatic imine (C=N–C) groups is 1. The van der Waals surface area contributed by atoms with Crippen molar-refractivity contribution >= 4 is 29.9 Å². The van der Waals surface area contributed by atoms with Gasteiger partial charge in [0.15, 0.2) is 17.5 Å². The molecule has 0 saturated carbocycles. The number of ether oxygens (including phenoxy) is 2. The third kappa shape index (κ3) is 6.72. The number of nitrogens with zero attached hydrogens (tertiary/aromatic N) is 5. The first-order chi connectivity index (χ1) is 15.0. The Hall–Kier alpha value is -2.05. The highest BCUT2D eigenvalue weighted by Gasteiger charge is 2.22. The fourth-order valence-electron chi connectivity index (χ4n) is 3.84. The van der Waals surface area contributed by atoms with E-state index >= 15 is 0 Å². The van der Waals surface area contributed by atoms with Crippen LogP contribution in [0.3, 0.4) is 0 Å². The SMILES string of the molecule is CN=C(NCC(c1ccc(OC)c(OC)c1)N(C)C)N1CCN(Cc2ccon2)CC1.I. The standard InChI is InChI=1S/C22H34N6O3.HI/c1-23-22(28-11-9-27(10-12-28)16-18-8-13-31-25-18)24-15-19(26(2)3)17-6-7-20(29-4)21(14-17)30-5;/h6-8,13-14,19H,9-12,15-16H2,1-5H3,(H,23,24);1H. The quantitative estimate of drug-likeness (QED) is 0.301. The molecule has 0 amide bonds. The van der Waals surface area contributed by atoms with Gasteiger partial charge in [-0.3, -0.25) is 9.89 Å². The van der Waals surface area contributed by atoms with Gasteiger partial charge in [0.2, 0.25) is 0 Å². The summed E-state index contributed by atoms with van der Waals surface area (Å²) in [5, 5.41) is 7.57. The van der Waals surface area contributed by atoms with Gasteiger partial charge in [0.25, 0.3) is 0 Å². The summed E-state index contributed by atoms with van der Waals surface area (Å²) in [6.45, 7) is 5.30. The van der Waals surface area contributed by atoms with Gasteiger partial charge in [-0.15, -0.1) is 24.0 Å². The summed E-state index contributed by atoms with van der Waals surface area (Å²) in [4.78, 5) is 11.4. The van der Waals surface area contributed by atoms with Crippen LogP contribution in [-0.4, -0.2) is 93.9 Å². The van der Waals surface area contributed by atoms with Crippen LogP contribution in [0.5, 0.6) is 11.5 Å². The molecule has 0 spiro atoms. The van der Waals surface area contributed by atoms with Crippen molar-refractivity contribution in [3.05, 3.63) is 41.8 Å². The van der Waals surface area contributed by atoms with Crippen molar-refractivity contribution in [1.82, 2.24) is 25.2 Å². The molecule has 1 aliphatic rings. The largest absolute Gasteiger partial charge is 0.493 e. The van der Waals surface area contributed by atoms with Crippen LogP contribution in [0.1, 0.15) is 17.3 Å². The average molecular weight is 558 g/mol. The van der Waals surface area contributed by atoms with Gasteiger partial charge in [-0.05, 0) is 31.8 Å². The predicted molar refractivity (Wildman–Crippen MR) is 136 cm³/mol. The summed E-state index contributed by atoms with van der Waals surface area (Å²) < 4.78 is 15.8. The van der Waals surface area contributed by atoms with Crippen LogP contribution in [0.25, 0.3) is 0 Å². The van der Waals surface area contributed by atoms with Crippen LogP contribution >= 0.6 is 24.0 Å². The molecule has 0 bridgehead atoms. The second kappa shape index (κ2) is 12.9. The van der Waals surface area contributed by atoms with Crippen molar-refractivity contribution < 1.29 is 14.0 Å². The van der Waals surface area contributed by atoms with Gasteiger partial charge in [-0.25, -0.2) is 0 Å². The van der Waals surface area contributed by atoms with Crippen LogP contribution < -0.4 is 14.8 Å². The molecular weight excluding hydrogens is 523 g/mol. The topological polar surface area (TPSA) is 78.6 Å². The molecule has 0 aliphatic carbocycles. The number of rotatable bonds is 8. The van der Waals surface area contributed by atoms with Gasteiger partial charge in [0.1, 0.15) is 6.26 Å². The van der Waals surface area contributed by atoms with Crippen LogP contribution in [0.15, 0.2) is 40.0 Å². The zero-order valence-electron chi connectivity index (χ0n) is 19.6. The average Bonchev–Trinajstić information content (AvgIpc) is 3.30. The minimum absolute atomic E-state index is 0. The van der Waals surface area contributed by atoms with Gasteiger partial charge < -0.3 is 29.1 Å². The molecule has 2 aromatic rings. The third-order valence-corrected chi connectivity index (χ3v) is 5.63. The Morgan fingerprint density at radius 2 is 1.88 bits per heavy atom. The van der Waals surface area contributed by atoms with E-state index in [1.54, 1.807) is 20.5 Å². The number of nitrogens with one attached hydrogen (secondary N) is 1. The molecule has 0 radical (unpaired) electrons. The summed E-state index contributed by atoms with van der Waals surface area (Å²) in [7, 11) is 9.31. The zero-order chi connectivity index (χ0) is 22.2. The number of methoxy groups -OCH3 is 2. The molecule has 1 saturated heterocycles. The van der Waals surface area contributed by atoms with Gasteiger partial charge in [-0.1, -0.05) is 11.2 Å². The smallest absolute Gasteiger partial charge is 0.193 e. The maximum atomic E-state index is 5.49. The number of likely N-dealkylation sites (N-methyl/N-ethyl adjacent to an activating group) is 1. The molecular formula is C22H35IN6O3. The van der Waals surface area contributed by atoms with E-state index in [2.05, 4.69) is 50.3 Å². The lowest BCUT2D eigenvalue weighted by Gasteiger charge is -2.37. The second-order valence-electron chi connectivity index (χ2n) is 7.78. The van der Waals surface area contributed by atoms with E-state index in [1.807, 2.05) is 25.2 Å². The van der Waals surface area contributed by atoms with Crippen molar-refractivity contribution in [3.63, 3.8) is 0 Å². The highest BCUT2D eigenvalue weighted by atomic mass is 127. The lowest BCUT2D eigenvalue weighted by Crippen LogP contribution is -2.53. The molecule has 32 heavy (non-hydrogen) atoms. The summed E-state index contributed by atoms with van der Waals surface area (Å²) in [5.41, 5.74) is 2.13. The van der Waals surface area contributed by atoms with Crippen LogP contribution in [0.4, 0.5) is 0 Å². The number of piperazine rings is 1. The first-order valence-corrected chi connectivity index (χ1v) is 10.5. The molecule has 178 valence electrons. The fourth-order valence-corrected chi connectivity index (χ4v) is 3.84. The first-order valence-electron chi connectivity index (χ1n) is 10.5. The van der Waals surface area contributed by atoms with Gasteiger partial charge in [0.05, 0.1) is 26.0 Å². The summed E-state index contributed by atoms with van der Waals surface area (Å²) in [6.07, 6.45) is 1.62. The van der Waals surface area contributed by atoms with Crippen LogP contribution in [0, 0.1) is 0 Å². The van der Waals surface area contributed by atoms with Crippen molar-refractivity contribution in [2.24, 2.45) is 4.99 Å². The molecule has 3 rings (SSSR count). The molecule has 1 N–H and O–H groups in total. The highest BCUT2D eigenvalue weighted by Crippen LogP contribution is 2.31. The van der Waals surface area contributed by atoms with Crippen molar-refractivity contribution in [2.45, 2.75) is 12.6 Å². The normalized spacial score (nSPS) is 15.9. The van der Waals surface area contributed by atoms with Gasteiger partial charge in [0, 0.05) is 52.4 Å². The Balaban J connectivity index is 0.00000363. The van der Waals surface area contributed by atoms with Crippen molar-refractivity contribution in [1.29, 1.82) is 0 Å². The molecule has 1 aromatic heterocycles. The number of guanidine groups is 1. The maximum Gasteiger partial charge on any atom is 0.193 e. The van der Waals surface area contributed by atoms with E-state index < -0.39 is 0 Å². The molecule has 1 aromatic carbocycles. The minimum Gasteiger partial charge on any atom is -0.493 e. The highest BCUT2D eigenvalue weighted by molar-refractivity contribution is 14.0. The molecule has 10 heteroatoms. The fraction of sp³-hybridized carbons (Fsp3) is 0.545. The lowest BCUT2D eigenvalue weighted by atomic mass is 10.1. The Labute approximate surface area is 207 Å². The zero-order valence-corrected chi connectivity index (χ0v) is 21.9. The summed E-state index contributed by atoms with van der Waals surface area (Å²) in [6, 6.07) is 8.15. The monoisotopic (exact) mass is 558 g/mol. The van der Waals surface area contributed by atoms with Crippen molar-refractivity contribution in [2.75, 3.05) is 68.1 Å². The number of benzene rings is 1. The molecule has 2 heterocycles. The van der Waals surface area contributed by atoms with E-state index in [4.69, 9.17) is 14.0 Å². The maximum absolute atomic E-state index is 5.49. The molecule has 1 atom stereocenters. The predicted octanol–water partition coefficient (Wildman–Crippen LogP) is 2.31. The van der Waals surface area contributed by atoms with Gasteiger partial charge >= 0.3 is 0 Å². The first kappa shape index (κ1) is 26.2. The molecule has 9 nitrogen and oxygen atoms in total. The number of aromatic nitrogens is 1. The lowest BCUT2D eigenvalue weighted by molar-refractivity contribution is 0.168. The second-order valence-corrected chi connectivity index (χ2v) is 7.78. The van der Waals surface area contributed by atoms with Crippen LogP contribution in [-0.2, 0) is 6.54 Å². The Kier molecular flexibility index (Phi) is 10.5. The van der Waals surface area contributed by atoms with E-state index in [0.29, 0.717) is 0 Å². The van der Waals surface area contributed by atoms with E-state index in [-0.39, 0.29) is 30.0 Å². The Bertz CT molecular complexity index is 838. The van der Waals surface area contributed by atoms with Crippen LogP contribution in [0.2, 0.25) is 0 Å². The molecule has 1 unspecified atom stereocenters. The third-order valence-electron chi connectivity index (χ3n) is 5.63. The minimum atomic E-state index is 0. The molecule has 1 fully saturated rings. The van der Waals surface area contributed by atoms with E-state index in [0.717, 1.165) is 68.0 Å². The number of halogens is 1.